The molecule has 5 nitrogen and oxygen atoms in total. The van der Waals surface area contributed by atoms with E-state index in [1.54, 1.807) is 7.05 Å². The highest BCUT2D eigenvalue weighted by molar-refractivity contribution is 7.91. The van der Waals surface area contributed by atoms with Gasteiger partial charge in [0.2, 0.25) is 0 Å². The second-order valence-electron chi connectivity index (χ2n) is 6.54. The lowest BCUT2D eigenvalue weighted by Gasteiger charge is -2.23. The number of likely N-dealkylation sites (tertiary alicyclic amines) is 1. The van der Waals surface area contributed by atoms with Gasteiger partial charge in [-0.3, -0.25) is 4.99 Å². The Bertz CT molecular complexity index is 658. The average Bonchev–Trinajstić information content (AvgIpc) is 3.16. The van der Waals surface area contributed by atoms with E-state index in [0.29, 0.717) is 24.0 Å². The quantitative estimate of drug-likeness (QED) is 0.671. The molecule has 0 radical (unpaired) electrons. The van der Waals surface area contributed by atoms with Gasteiger partial charge in [0.1, 0.15) is 0 Å². The maximum atomic E-state index is 11.5. The van der Waals surface area contributed by atoms with Crippen molar-refractivity contribution < 1.29 is 8.42 Å². The fourth-order valence-corrected chi connectivity index (χ4v) is 5.41. The third-order valence-electron chi connectivity index (χ3n) is 4.85. The van der Waals surface area contributed by atoms with Crippen molar-refractivity contribution in [3.8, 4) is 0 Å². The Morgan fingerprint density at radius 2 is 2.09 bits per heavy atom. The lowest BCUT2D eigenvalue weighted by Crippen LogP contribution is -2.42. The van der Waals surface area contributed by atoms with Gasteiger partial charge in [0.05, 0.1) is 11.5 Å². The Balaban J connectivity index is 1.54. The van der Waals surface area contributed by atoms with E-state index in [1.807, 2.05) is 6.07 Å². The standard InChI is InChI=1S/C17H25N3O2S/c1-18-17(19-11-14-8-10-23(21,22)13-14)20-9-7-16(12-20)15-5-3-2-4-6-15/h2-6,14,16H,7-13H2,1H3,(H,18,19). The highest BCUT2D eigenvalue weighted by Gasteiger charge is 2.29. The van der Waals surface area contributed by atoms with E-state index < -0.39 is 9.84 Å². The first-order valence-electron chi connectivity index (χ1n) is 8.28. The zero-order valence-electron chi connectivity index (χ0n) is 13.6. The molecule has 2 aliphatic rings. The first kappa shape index (κ1) is 16.3. The summed E-state index contributed by atoms with van der Waals surface area (Å²) in [4.78, 5) is 6.66. The number of aliphatic imine (C=N–C) groups is 1. The van der Waals surface area contributed by atoms with Crippen LogP contribution in [-0.2, 0) is 9.84 Å². The van der Waals surface area contributed by atoms with Gasteiger partial charge in [-0.1, -0.05) is 30.3 Å². The van der Waals surface area contributed by atoms with Crippen LogP contribution in [0.1, 0.15) is 24.3 Å². The van der Waals surface area contributed by atoms with E-state index in [9.17, 15) is 8.42 Å². The summed E-state index contributed by atoms with van der Waals surface area (Å²) in [5, 5.41) is 3.37. The molecule has 126 valence electrons. The van der Waals surface area contributed by atoms with Crippen LogP contribution in [0.2, 0.25) is 0 Å². The zero-order chi connectivity index (χ0) is 16.3. The fraction of sp³-hybridized carbons (Fsp3) is 0.588. The summed E-state index contributed by atoms with van der Waals surface area (Å²) in [6.07, 6.45) is 1.89. The molecular weight excluding hydrogens is 310 g/mol. The van der Waals surface area contributed by atoms with Gasteiger partial charge < -0.3 is 10.2 Å². The van der Waals surface area contributed by atoms with E-state index in [0.717, 1.165) is 31.9 Å². The predicted octanol–water partition coefficient (Wildman–Crippen LogP) is 1.49. The molecule has 2 heterocycles. The number of hydrogen-bond acceptors (Lipinski definition) is 3. The molecule has 2 fully saturated rings. The SMILES string of the molecule is CN=C(NCC1CCS(=O)(=O)C1)N1CCC(c2ccccc2)C1. The van der Waals surface area contributed by atoms with Crippen LogP contribution in [0.4, 0.5) is 0 Å². The van der Waals surface area contributed by atoms with Crippen molar-refractivity contribution in [2.24, 2.45) is 10.9 Å². The van der Waals surface area contributed by atoms with Gasteiger partial charge in [0.25, 0.3) is 0 Å². The Hall–Kier alpha value is -1.56. The monoisotopic (exact) mass is 335 g/mol. The number of guanidine groups is 1. The summed E-state index contributed by atoms with van der Waals surface area (Å²) in [5.74, 6) is 2.29. The molecule has 0 amide bonds. The molecule has 0 spiro atoms. The number of sulfone groups is 1. The van der Waals surface area contributed by atoms with Crippen molar-refractivity contribution in [3.05, 3.63) is 35.9 Å². The average molecular weight is 335 g/mol. The molecule has 0 aromatic heterocycles. The molecular formula is C17H25N3O2S. The second-order valence-corrected chi connectivity index (χ2v) is 8.77. The predicted molar refractivity (Wildman–Crippen MR) is 93.5 cm³/mol. The van der Waals surface area contributed by atoms with Gasteiger partial charge in [0.15, 0.2) is 15.8 Å². The smallest absolute Gasteiger partial charge is 0.193 e. The number of nitrogens with zero attached hydrogens (tertiary/aromatic N) is 2. The summed E-state index contributed by atoms with van der Waals surface area (Å²) < 4.78 is 23.1. The number of hydrogen-bond donors (Lipinski definition) is 1. The van der Waals surface area contributed by atoms with Crippen molar-refractivity contribution in [1.82, 2.24) is 10.2 Å². The molecule has 23 heavy (non-hydrogen) atoms. The molecule has 1 aromatic carbocycles. The number of nitrogens with one attached hydrogen (secondary N) is 1. The third-order valence-corrected chi connectivity index (χ3v) is 6.68. The largest absolute Gasteiger partial charge is 0.356 e. The van der Waals surface area contributed by atoms with Gasteiger partial charge in [0, 0.05) is 32.6 Å². The van der Waals surface area contributed by atoms with Crippen molar-refractivity contribution >= 4 is 15.8 Å². The summed E-state index contributed by atoms with van der Waals surface area (Å²) >= 11 is 0. The molecule has 3 rings (SSSR count). The van der Waals surface area contributed by atoms with Crippen LogP contribution in [0.25, 0.3) is 0 Å². The second kappa shape index (κ2) is 6.91. The van der Waals surface area contributed by atoms with Crippen molar-refractivity contribution in [1.29, 1.82) is 0 Å². The summed E-state index contributed by atoms with van der Waals surface area (Å²) in [7, 11) is -1.01. The van der Waals surface area contributed by atoms with E-state index >= 15 is 0 Å². The van der Waals surface area contributed by atoms with Crippen LogP contribution >= 0.6 is 0 Å². The minimum atomic E-state index is -2.81. The van der Waals surface area contributed by atoms with Gasteiger partial charge in [-0.25, -0.2) is 8.42 Å². The fourth-order valence-electron chi connectivity index (χ4n) is 3.55. The molecule has 0 aliphatic carbocycles. The highest BCUT2D eigenvalue weighted by Crippen LogP contribution is 2.27. The lowest BCUT2D eigenvalue weighted by molar-refractivity contribution is 0.471. The first-order chi connectivity index (χ1) is 11.1. The van der Waals surface area contributed by atoms with Gasteiger partial charge in [-0.2, -0.15) is 0 Å². The maximum Gasteiger partial charge on any atom is 0.193 e. The van der Waals surface area contributed by atoms with Crippen LogP contribution in [0.15, 0.2) is 35.3 Å². The Morgan fingerprint density at radius 1 is 1.30 bits per heavy atom. The third kappa shape index (κ3) is 4.05. The van der Waals surface area contributed by atoms with Crippen molar-refractivity contribution in [3.63, 3.8) is 0 Å². The first-order valence-corrected chi connectivity index (χ1v) is 10.1. The van der Waals surface area contributed by atoms with Crippen LogP contribution in [0, 0.1) is 5.92 Å². The normalized spacial score (nSPS) is 27.3. The molecule has 1 N–H and O–H groups in total. The van der Waals surface area contributed by atoms with Crippen LogP contribution in [0.3, 0.4) is 0 Å². The Morgan fingerprint density at radius 3 is 2.74 bits per heavy atom. The van der Waals surface area contributed by atoms with Crippen LogP contribution < -0.4 is 5.32 Å². The summed E-state index contributed by atoms with van der Waals surface area (Å²) in [6.45, 7) is 2.65. The van der Waals surface area contributed by atoms with E-state index in [2.05, 4.69) is 39.5 Å². The Kier molecular flexibility index (Phi) is 4.90. The van der Waals surface area contributed by atoms with E-state index in [1.165, 1.54) is 5.56 Å². The van der Waals surface area contributed by atoms with Gasteiger partial charge in [-0.05, 0) is 24.3 Å². The molecule has 0 saturated carbocycles. The summed E-state index contributed by atoms with van der Waals surface area (Å²) in [6, 6.07) is 10.6. The molecule has 6 heteroatoms. The number of benzene rings is 1. The molecule has 2 saturated heterocycles. The minimum Gasteiger partial charge on any atom is -0.356 e. The molecule has 2 aliphatic heterocycles. The number of rotatable bonds is 3. The topological polar surface area (TPSA) is 61.8 Å². The van der Waals surface area contributed by atoms with Gasteiger partial charge >= 0.3 is 0 Å². The van der Waals surface area contributed by atoms with Crippen LogP contribution in [0.5, 0.6) is 0 Å². The zero-order valence-corrected chi connectivity index (χ0v) is 14.4. The lowest BCUT2D eigenvalue weighted by atomic mass is 9.99. The molecule has 0 bridgehead atoms. The molecule has 2 atom stereocenters. The van der Waals surface area contributed by atoms with Crippen molar-refractivity contribution in [2.45, 2.75) is 18.8 Å². The highest BCUT2D eigenvalue weighted by atomic mass is 32.2. The summed E-state index contributed by atoms with van der Waals surface area (Å²) in [5.41, 5.74) is 1.38. The minimum absolute atomic E-state index is 0.212. The maximum absolute atomic E-state index is 11.5. The van der Waals surface area contributed by atoms with Crippen LogP contribution in [-0.4, -0.2) is 57.5 Å². The van der Waals surface area contributed by atoms with Crippen molar-refractivity contribution in [2.75, 3.05) is 38.2 Å². The van der Waals surface area contributed by atoms with Gasteiger partial charge in [-0.15, -0.1) is 0 Å². The molecule has 2 unspecified atom stereocenters. The van der Waals surface area contributed by atoms with E-state index in [4.69, 9.17) is 0 Å². The van der Waals surface area contributed by atoms with E-state index in [-0.39, 0.29) is 5.92 Å². The molecule has 1 aromatic rings. The Labute approximate surface area is 138 Å².